The van der Waals surface area contributed by atoms with Crippen LogP contribution in [0, 0.1) is 5.92 Å². The van der Waals surface area contributed by atoms with Gasteiger partial charge in [0.25, 0.3) is 5.91 Å². The number of amides is 1. The molecular weight excluding hydrogens is 384 g/mol. The molecule has 0 saturated carbocycles. The van der Waals surface area contributed by atoms with E-state index in [2.05, 4.69) is 35.1 Å². The zero-order valence-electron chi connectivity index (χ0n) is 16.8. The Morgan fingerprint density at radius 2 is 2.03 bits per heavy atom. The van der Waals surface area contributed by atoms with Gasteiger partial charge in [0, 0.05) is 13.1 Å². The molecular formula is C23H26N2O3S. The van der Waals surface area contributed by atoms with Crippen molar-refractivity contribution in [3.8, 4) is 0 Å². The van der Waals surface area contributed by atoms with Gasteiger partial charge in [-0.05, 0) is 49.8 Å². The third-order valence-corrected chi connectivity index (χ3v) is 6.53. The lowest BCUT2D eigenvalue weighted by Gasteiger charge is -2.32. The maximum atomic E-state index is 13.5. The summed E-state index contributed by atoms with van der Waals surface area (Å²) >= 11 is 1.65. The number of carbonyl (C=O) groups excluding carboxylic acids is 2. The molecule has 29 heavy (non-hydrogen) atoms. The summed E-state index contributed by atoms with van der Waals surface area (Å²) in [5.74, 6) is -0.437. The second-order valence-electron chi connectivity index (χ2n) is 7.50. The quantitative estimate of drug-likeness (QED) is 0.572. The minimum absolute atomic E-state index is 0.00909. The number of benzene rings is 1. The Hall–Kier alpha value is -2.60. The molecule has 0 spiro atoms. The first-order chi connectivity index (χ1) is 14.1. The number of aromatic nitrogens is 1. The van der Waals surface area contributed by atoms with Crippen LogP contribution < -0.4 is 0 Å². The van der Waals surface area contributed by atoms with Gasteiger partial charge in [-0.25, -0.2) is 0 Å². The fourth-order valence-electron chi connectivity index (χ4n) is 4.18. The van der Waals surface area contributed by atoms with E-state index in [1.54, 1.807) is 11.3 Å². The van der Waals surface area contributed by atoms with Gasteiger partial charge < -0.3 is 14.2 Å². The van der Waals surface area contributed by atoms with Crippen molar-refractivity contribution in [2.75, 3.05) is 19.7 Å². The van der Waals surface area contributed by atoms with E-state index >= 15 is 0 Å². The van der Waals surface area contributed by atoms with Gasteiger partial charge in [-0.1, -0.05) is 30.3 Å². The molecule has 1 aliphatic heterocycles. The molecule has 1 aliphatic rings. The highest BCUT2D eigenvalue weighted by Gasteiger charge is 2.32. The van der Waals surface area contributed by atoms with Crippen LogP contribution >= 0.6 is 11.3 Å². The van der Waals surface area contributed by atoms with Crippen LogP contribution in [0.5, 0.6) is 0 Å². The van der Waals surface area contributed by atoms with E-state index in [-0.39, 0.29) is 23.8 Å². The number of likely N-dealkylation sites (tertiary alicyclic amines) is 1. The fourth-order valence-corrected chi connectivity index (χ4v) is 4.99. The molecule has 2 aromatic heterocycles. The van der Waals surface area contributed by atoms with Crippen molar-refractivity contribution in [1.29, 1.82) is 0 Å². The number of hydrogen-bond acceptors (Lipinski definition) is 4. The predicted octanol–water partition coefficient (Wildman–Crippen LogP) is 4.73. The van der Waals surface area contributed by atoms with Crippen LogP contribution in [-0.4, -0.2) is 41.0 Å². The monoisotopic (exact) mass is 410 g/mol. The first-order valence-corrected chi connectivity index (χ1v) is 11.1. The van der Waals surface area contributed by atoms with Crippen LogP contribution in [0.3, 0.4) is 0 Å². The first kappa shape index (κ1) is 19.7. The van der Waals surface area contributed by atoms with E-state index in [1.807, 2.05) is 36.1 Å². The smallest absolute Gasteiger partial charge is 0.310 e. The van der Waals surface area contributed by atoms with Crippen molar-refractivity contribution in [2.45, 2.75) is 32.7 Å². The van der Waals surface area contributed by atoms with Gasteiger partial charge in [-0.2, -0.15) is 0 Å². The van der Waals surface area contributed by atoms with Crippen molar-refractivity contribution in [2.24, 2.45) is 5.92 Å². The van der Waals surface area contributed by atoms with Crippen LogP contribution in [0.4, 0.5) is 0 Å². The SMILES string of the molecule is CCOC(=O)C1CCCN(C(=O)c2cc3sccc3n2C(C)c2ccccc2)C1. The van der Waals surface area contributed by atoms with Crippen LogP contribution in [0.2, 0.25) is 0 Å². The van der Waals surface area contributed by atoms with Crippen molar-refractivity contribution in [3.05, 3.63) is 59.1 Å². The van der Waals surface area contributed by atoms with Gasteiger partial charge in [-0.3, -0.25) is 9.59 Å². The molecule has 3 aromatic rings. The molecule has 1 amide bonds. The first-order valence-electron chi connectivity index (χ1n) is 10.2. The Morgan fingerprint density at radius 1 is 1.24 bits per heavy atom. The van der Waals surface area contributed by atoms with Crippen molar-refractivity contribution >= 4 is 33.4 Å². The van der Waals surface area contributed by atoms with Crippen LogP contribution in [0.15, 0.2) is 47.8 Å². The normalized spacial score (nSPS) is 18.0. The number of hydrogen-bond donors (Lipinski definition) is 0. The molecule has 1 saturated heterocycles. The van der Waals surface area contributed by atoms with Crippen molar-refractivity contribution in [3.63, 3.8) is 0 Å². The highest BCUT2D eigenvalue weighted by Crippen LogP contribution is 2.32. The average molecular weight is 411 g/mol. The summed E-state index contributed by atoms with van der Waals surface area (Å²) in [7, 11) is 0. The third kappa shape index (κ3) is 3.81. The largest absolute Gasteiger partial charge is 0.466 e. The summed E-state index contributed by atoms with van der Waals surface area (Å²) in [6, 6.07) is 14.3. The standard InChI is InChI=1S/C23H26N2O3S/c1-3-28-23(27)18-10-7-12-24(15-18)22(26)20-14-21-19(11-13-29-21)25(20)16(2)17-8-5-4-6-9-17/h4-6,8-9,11,13-14,16,18H,3,7,10,12,15H2,1-2H3. The molecule has 152 valence electrons. The minimum atomic E-state index is -0.233. The molecule has 0 aliphatic carbocycles. The van der Waals surface area contributed by atoms with Gasteiger partial charge >= 0.3 is 5.97 Å². The number of carbonyl (C=O) groups is 2. The Bertz CT molecular complexity index is 1010. The van der Waals surface area contributed by atoms with Gasteiger partial charge in [0.2, 0.25) is 0 Å². The van der Waals surface area contributed by atoms with E-state index in [1.165, 1.54) is 0 Å². The average Bonchev–Trinajstić information content (AvgIpc) is 3.35. The number of nitrogens with zero attached hydrogens (tertiary/aromatic N) is 2. The van der Waals surface area contributed by atoms with Gasteiger partial charge in [0.15, 0.2) is 0 Å². The number of thiophene rings is 1. The van der Waals surface area contributed by atoms with Gasteiger partial charge in [-0.15, -0.1) is 11.3 Å². The van der Waals surface area contributed by atoms with E-state index in [0.29, 0.717) is 25.4 Å². The predicted molar refractivity (Wildman–Crippen MR) is 115 cm³/mol. The summed E-state index contributed by atoms with van der Waals surface area (Å²) in [4.78, 5) is 27.5. The number of rotatable bonds is 5. The Labute approximate surface area is 174 Å². The third-order valence-electron chi connectivity index (χ3n) is 5.68. The number of fused-ring (bicyclic) bond motifs is 1. The molecule has 2 atom stereocenters. The molecule has 1 aromatic carbocycles. The summed E-state index contributed by atoms with van der Waals surface area (Å²) in [5, 5.41) is 2.06. The van der Waals surface area contributed by atoms with E-state index in [9.17, 15) is 9.59 Å². The Balaban J connectivity index is 1.66. The Morgan fingerprint density at radius 3 is 2.79 bits per heavy atom. The molecule has 0 radical (unpaired) electrons. The van der Waals surface area contributed by atoms with Crippen LogP contribution in [-0.2, 0) is 9.53 Å². The molecule has 3 heterocycles. The minimum Gasteiger partial charge on any atom is -0.466 e. The number of piperidine rings is 1. The van der Waals surface area contributed by atoms with Gasteiger partial charge in [0.05, 0.1) is 28.8 Å². The second-order valence-corrected chi connectivity index (χ2v) is 8.45. The zero-order chi connectivity index (χ0) is 20.4. The summed E-state index contributed by atoms with van der Waals surface area (Å²) < 4.78 is 8.43. The van der Waals surface area contributed by atoms with E-state index < -0.39 is 0 Å². The summed E-state index contributed by atoms with van der Waals surface area (Å²) in [6.07, 6.45) is 1.59. The van der Waals surface area contributed by atoms with Crippen LogP contribution in [0.1, 0.15) is 48.8 Å². The van der Waals surface area contributed by atoms with E-state index in [0.717, 1.165) is 28.6 Å². The lowest BCUT2D eigenvalue weighted by atomic mass is 9.98. The van der Waals surface area contributed by atoms with Crippen molar-refractivity contribution in [1.82, 2.24) is 9.47 Å². The number of ether oxygens (including phenoxy) is 1. The zero-order valence-corrected chi connectivity index (χ0v) is 17.7. The molecule has 2 unspecified atom stereocenters. The maximum absolute atomic E-state index is 13.5. The maximum Gasteiger partial charge on any atom is 0.310 e. The van der Waals surface area contributed by atoms with Crippen LogP contribution in [0.25, 0.3) is 10.2 Å². The second kappa shape index (κ2) is 8.41. The summed E-state index contributed by atoms with van der Waals surface area (Å²) in [5.41, 5.74) is 2.93. The fraction of sp³-hybridized carbons (Fsp3) is 0.391. The molecule has 5 nitrogen and oxygen atoms in total. The molecule has 0 bridgehead atoms. The lowest BCUT2D eigenvalue weighted by molar-refractivity contribution is -0.149. The molecule has 4 rings (SSSR count). The topological polar surface area (TPSA) is 51.5 Å². The van der Waals surface area contributed by atoms with Crippen molar-refractivity contribution < 1.29 is 14.3 Å². The van der Waals surface area contributed by atoms with E-state index in [4.69, 9.17) is 4.74 Å². The molecule has 6 heteroatoms. The lowest BCUT2D eigenvalue weighted by Crippen LogP contribution is -2.43. The van der Waals surface area contributed by atoms with Gasteiger partial charge in [0.1, 0.15) is 5.69 Å². The molecule has 0 N–H and O–H groups in total. The highest BCUT2D eigenvalue weighted by molar-refractivity contribution is 7.17. The Kier molecular flexibility index (Phi) is 5.72. The highest BCUT2D eigenvalue weighted by atomic mass is 32.1. The summed E-state index contributed by atoms with van der Waals surface area (Å²) in [6.45, 7) is 5.41. The molecule has 1 fully saturated rings. The number of esters is 1.